The molecule has 1 amide bonds. The summed E-state index contributed by atoms with van der Waals surface area (Å²) in [4.78, 5) is 26.6. The first-order valence-electron chi connectivity index (χ1n) is 10.1. The Morgan fingerprint density at radius 3 is 2.42 bits per heavy atom. The smallest absolute Gasteiger partial charge is 0.335 e. The molecular weight excluding hydrogens is 412 g/mol. The van der Waals surface area contributed by atoms with Gasteiger partial charge in [0.2, 0.25) is 0 Å². The van der Waals surface area contributed by atoms with Gasteiger partial charge >= 0.3 is 5.97 Å². The van der Waals surface area contributed by atoms with Gasteiger partial charge in [-0.1, -0.05) is 30.1 Å². The van der Waals surface area contributed by atoms with E-state index in [-0.39, 0.29) is 11.5 Å². The first-order valence-corrected chi connectivity index (χ1v) is 11.2. The molecule has 7 nitrogen and oxygen atoms in total. The summed E-state index contributed by atoms with van der Waals surface area (Å²) >= 11 is 1.79. The zero-order valence-corrected chi connectivity index (χ0v) is 18.3. The van der Waals surface area contributed by atoms with Crippen molar-refractivity contribution < 1.29 is 14.7 Å². The van der Waals surface area contributed by atoms with Crippen LogP contribution in [0.25, 0.3) is 6.08 Å². The van der Waals surface area contributed by atoms with Crippen LogP contribution < -0.4 is 9.91 Å². The molecule has 0 bridgehead atoms. The number of carboxylic acids is 1. The Balaban J connectivity index is 1.50. The van der Waals surface area contributed by atoms with Crippen molar-refractivity contribution in [1.82, 2.24) is 4.31 Å². The van der Waals surface area contributed by atoms with Crippen molar-refractivity contribution in [1.29, 1.82) is 0 Å². The number of benzene rings is 2. The molecule has 0 saturated carbocycles. The molecule has 31 heavy (non-hydrogen) atoms. The van der Waals surface area contributed by atoms with Gasteiger partial charge in [0.15, 0.2) is 0 Å². The van der Waals surface area contributed by atoms with Crippen LogP contribution in [-0.4, -0.2) is 59.4 Å². The number of carboxylic acid groups (broad SMARTS) is 1. The minimum Gasteiger partial charge on any atom is -0.478 e. The number of amides is 1. The standard InChI is InChI=1S/C23H24N4O3S/c1-16-21(22(28)27(24-16)20-5-3-4-18(15-20)23(29)30)14-17-6-8-19(9-7-17)25-10-12-26(31-2)13-11-25/h3-9,14-15H,10-13H2,1-2H3,(H,29,30)/b21-14-. The molecule has 0 spiro atoms. The number of rotatable bonds is 5. The van der Waals surface area contributed by atoms with E-state index in [9.17, 15) is 14.7 Å². The number of hydrogen-bond donors (Lipinski definition) is 1. The van der Waals surface area contributed by atoms with Gasteiger partial charge in [-0.25, -0.2) is 9.10 Å². The van der Waals surface area contributed by atoms with Crippen molar-refractivity contribution in [3.63, 3.8) is 0 Å². The third-order valence-corrected chi connectivity index (χ3v) is 6.35. The van der Waals surface area contributed by atoms with Crippen LogP contribution >= 0.6 is 11.9 Å². The highest BCUT2D eigenvalue weighted by molar-refractivity contribution is 7.96. The predicted molar refractivity (Wildman–Crippen MR) is 126 cm³/mol. The largest absolute Gasteiger partial charge is 0.478 e. The highest BCUT2D eigenvalue weighted by Crippen LogP contribution is 2.26. The van der Waals surface area contributed by atoms with Crippen molar-refractivity contribution in [2.75, 3.05) is 42.3 Å². The fourth-order valence-corrected chi connectivity index (χ4v) is 4.24. The van der Waals surface area contributed by atoms with Gasteiger partial charge in [0.1, 0.15) is 0 Å². The minimum atomic E-state index is -1.04. The summed E-state index contributed by atoms with van der Waals surface area (Å²) in [6.07, 6.45) is 3.94. The van der Waals surface area contributed by atoms with Crippen LogP contribution in [0.3, 0.4) is 0 Å². The zero-order chi connectivity index (χ0) is 22.0. The molecule has 160 valence electrons. The highest BCUT2D eigenvalue weighted by atomic mass is 32.2. The van der Waals surface area contributed by atoms with Gasteiger partial charge in [-0.3, -0.25) is 4.79 Å². The quantitative estimate of drug-likeness (QED) is 0.570. The number of nitrogens with zero attached hydrogens (tertiary/aromatic N) is 4. The van der Waals surface area contributed by atoms with Crippen molar-refractivity contribution in [3.05, 3.63) is 65.2 Å². The Labute approximate surface area is 185 Å². The van der Waals surface area contributed by atoms with Gasteiger partial charge in [0.05, 0.1) is 22.5 Å². The van der Waals surface area contributed by atoms with E-state index in [1.54, 1.807) is 31.0 Å². The van der Waals surface area contributed by atoms with E-state index in [2.05, 4.69) is 32.7 Å². The average molecular weight is 437 g/mol. The number of aromatic carboxylic acids is 1. The summed E-state index contributed by atoms with van der Waals surface area (Å²) in [5, 5.41) is 14.8. The molecule has 1 fully saturated rings. The van der Waals surface area contributed by atoms with Crippen molar-refractivity contribution >= 4 is 47.0 Å². The van der Waals surface area contributed by atoms with Crippen LogP contribution in [0.15, 0.2) is 59.2 Å². The van der Waals surface area contributed by atoms with Gasteiger partial charge in [0.25, 0.3) is 5.91 Å². The van der Waals surface area contributed by atoms with Crippen molar-refractivity contribution in [3.8, 4) is 0 Å². The van der Waals surface area contributed by atoms with E-state index in [0.29, 0.717) is 17.0 Å². The lowest BCUT2D eigenvalue weighted by molar-refractivity contribution is -0.114. The van der Waals surface area contributed by atoms with Crippen LogP contribution in [0.4, 0.5) is 11.4 Å². The summed E-state index contributed by atoms with van der Waals surface area (Å²) in [7, 11) is 0. The maximum absolute atomic E-state index is 13.0. The van der Waals surface area contributed by atoms with Gasteiger partial charge in [0, 0.05) is 31.9 Å². The third kappa shape index (κ3) is 4.50. The minimum absolute atomic E-state index is 0.115. The summed E-state index contributed by atoms with van der Waals surface area (Å²) in [5.74, 6) is -1.31. The molecule has 0 radical (unpaired) electrons. The van der Waals surface area contributed by atoms with Crippen LogP contribution in [0.2, 0.25) is 0 Å². The molecule has 1 saturated heterocycles. The van der Waals surface area contributed by atoms with Gasteiger partial charge in [-0.15, -0.1) is 0 Å². The Morgan fingerprint density at radius 1 is 1.06 bits per heavy atom. The zero-order valence-electron chi connectivity index (χ0n) is 17.5. The predicted octanol–water partition coefficient (Wildman–Crippen LogP) is 3.59. The third-order valence-electron chi connectivity index (χ3n) is 5.47. The monoisotopic (exact) mass is 436 g/mol. The maximum atomic E-state index is 13.0. The van der Waals surface area contributed by atoms with E-state index >= 15 is 0 Å². The van der Waals surface area contributed by atoms with E-state index in [1.165, 1.54) is 22.8 Å². The fourth-order valence-electron chi connectivity index (χ4n) is 3.71. The lowest BCUT2D eigenvalue weighted by Crippen LogP contribution is -2.43. The first kappa shape index (κ1) is 21.1. The lowest BCUT2D eigenvalue weighted by Gasteiger charge is -2.34. The Kier molecular flexibility index (Phi) is 6.11. The van der Waals surface area contributed by atoms with Crippen LogP contribution in [0, 0.1) is 0 Å². The molecule has 1 N–H and O–H groups in total. The fraction of sp³-hybridized carbons (Fsp3) is 0.261. The Morgan fingerprint density at radius 2 is 1.77 bits per heavy atom. The number of carbonyl (C=O) groups is 2. The van der Waals surface area contributed by atoms with Gasteiger partial charge < -0.3 is 10.0 Å². The molecule has 2 aromatic rings. The Hall–Kier alpha value is -3.10. The molecule has 2 aromatic carbocycles. The van der Waals surface area contributed by atoms with E-state index in [0.717, 1.165) is 31.7 Å². The van der Waals surface area contributed by atoms with Crippen molar-refractivity contribution in [2.24, 2.45) is 5.10 Å². The molecule has 0 atom stereocenters. The lowest BCUT2D eigenvalue weighted by atomic mass is 10.1. The first-order chi connectivity index (χ1) is 15.0. The Bertz CT molecular complexity index is 1060. The number of piperazine rings is 1. The molecule has 0 aliphatic carbocycles. The summed E-state index contributed by atoms with van der Waals surface area (Å²) in [6, 6.07) is 14.4. The second-order valence-corrected chi connectivity index (χ2v) is 8.29. The SMILES string of the molecule is CSN1CCN(c2ccc(/C=C3\C(=O)N(c4cccc(C(=O)O)c4)N=C3C)cc2)CC1. The second-order valence-electron chi connectivity index (χ2n) is 7.41. The van der Waals surface area contributed by atoms with E-state index < -0.39 is 5.97 Å². The summed E-state index contributed by atoms with van der Waals surface area (Å²) in [6.45, 7) is 5.85. The number of carbonyl (C=O) groups excluding carboxylic acids is 1. The number of hydrazone groups is 1. The molecule has 0 unspecified atom stereocenters. The molecular formula is C23H24N4O3S. The number of anilines is 2. The van der Waals surface area contributed by atoms with E-state index in [4.69, 9.17) is 0 Å². The van der Waals surface area contributed by atoms with Crippen LogP contribution in [0.5, 0.6) is 0 Å². The van der Waals surface area contributed by atoms with Crippen molar-refractivity contribution in [2.45, 2.75) is 6.92 Å². The molecule has 8 heteroatoms. The summed E-state index contributed by atoms with van der Waals surface area (Å²) < 4.78 is 2.36. The normalized spacial score (nSPS) is 18.6. The molecule has 4 rings (SSSR count). The maximum Gasteiger partial charge on any atom is 0.335 e. The van der Waals surface area contributed by atoms with Crippen LogP contribution in [-0.2, 0) is 4.79 Å². The topological polar surface area (TPSA) is 76.5 Å². The summed E-state index contributed by atoms with van der Waals surface area (Å²) in [5.41, 5.74) is 3.76. The van der Waals surface area contributed by atoms with Crippen LogP contribution in [0.1, 0.15) is 22.8 Å². The molecule has 2 heterocycles. The molecule has 0 aromatic heterocycles. The van der Waals surface area contributed by atoms with E-state index in [1.807, 2.05) is 18.2 Å². The molecule has 2 aliphatic heterocycles. The average Bonchev–Trinajstić information content (AvgIpc) is 3.08. The number of hydrogen-bond acceptors (Lipinski definition) is 6. The van der Waals surface area contributed by atoms with Gasteiger partial charge in [-0.05, 0) is 55.2 Å². The highest BCUT2D eigenvalue weighted by Gasteiger charge is 2.29. The second kappa shape index (κ2) is 8.95. The van der Waals surface area contributed by atoms with Gasteiger partial charge in [-0.2, -0.15) is 10.1 Å². The molecule has 2 aliphatic rings.